The molecule has 1 saturated heterocycles. The quantitative estimate of drug-likeness (QED) is 0.467. The molecule has 2 N–H and O–H groups in total. The summed E-state index contributed by atoms with van der Waals surface area (Å²) in [6, 6.07) is 8.71. The van der Waals surface area contributed by atoms with E-state index in [-0.39, 0.29) is 35.0 Å². The number of anilines is 1. The smallest absolute Gasteiger partial charge is 0.243 e. The summed E-state index contributed by atoms with van der Waals surface area (Å²) < 4.78 is 38.0. The first-order chi connectivity index (χ1) is 15.8. The molecule has 33 heavy (non-hydrogen) atoms. The number of rotatable bonds is 7. The zero-order valence-electron chi connectivity index (χ0n) is 18.1. The zero-order chi connectivity index (χ0) is 23.4. The van der Waals surface area contributed by atoms with E-state index in [1.807, 2.05) is 0 Å². The number of nitrogens with zero attached hydrogens (tertiary/aromatic N) is 1. The monoisotopic (exact) mass is 474 g/mol. The Balaban J connectivity index is 1.39. The number of phenolic OH excluding ortho intramolecular Hbond substituents is 1. The van der Waals surface area contributed by atoms with Crippen molar-refractivity contribution in [2.24, 2.45) is 0 Å². The third-order valence-corrected chi connectivity index (χ3v) is 7.49. The van der Waals surface area contributed by atoms with Crippen LogP contribution in [0.1, 0.15) is 42.5 Å². The molecule has 0 aromatic heterocycles. The van der Waals surface area contributed by atoms with Gasteiger partial charge in [0.05, 0.1) is 23.8 Å². The van der Waals surface area contributed by atoms with Crippen molar-refractivity contribution in [3.05, 3.63) is 42.0 Å². The SMILES string of the molecule is O=C(CCC(=O)c1ccc2c(c1)OCCCO2)Nc1cc(S(=O)(=O)N2CCCC2)ccc1O. The van der Waals surface area contributed by atoms with Crippen molar-refractivity contribution in [1.29, 1.82) is 0 Å². The van der Waals surface area contributed by atoms with Crippen molar-refractivity contribution in [3.8, 4) is 17.2 Å². The van der Waals surface area contributed by atoms with E-state index in [0.29, 0.717) is 43.4 Å². The van der Waals surface area contributed by atoms with Gasteiger partial charge in [0.2, 0.25) is 15.9 Å². The summed E-state index contributed by atoms with van der Waals surface area (Å²) in [5.41, 5.74) is 0.400. The average Bonchev–Trinajstić information content (AvgIpc) is 3.25. The number of phenols is 1. The fourth-order valence-corrected chi connectivity index (χ4v) is 5.32. The van der Waals surface area contributed by atoms with Crippen LogP contribution in [0.3, 0.4) is 0 Å². The van der Waals surface area contributed by atoms with Gasteiger partial charge in [-0.3, -0.25) is 9.59 Å². The summed E-state index contributed by atoms with van der Waals surface area (Å²) in [7, 11) is -3.69. The van der Waals surface area contributed by atoms with Gasteiger partial charge in [-0.25, -0.2) is 8.42 Å². The predicted octanol–water partition coefficient (Wildman–Crippen LogP) is 2.94. The van der Waals surface area contributed by atoms with Crippen LogP contribution in [0, 0.1) is 0 Å². The lowest BCUT2D eigenvalue weighted by Gasteiger charge is -2.16. The number of ketones is 1. The number of hydrogen-bond donors (Lipinski definition) is 2. The molecule has 0 aliphatic carbocycles. The van der Waals surface area contributed by atoms with Gasteiger partial charge in [0.15, 0.2) is 17.3 Å². The maximum absolute atomic E-state index is 12.7. The molecule has 0 bridgehead atoms. The van der Waals surface area contributed by atoms with Gasteiger partial charge in [0.25, 0.3) is 0 Å². The number of sulfonamides is 1. The molecule has 0 radical (unpaired) electrons. The second-order valence-corrected chi connectivity index (χ2v) is 9.91. The standard InChI is InChI=1S/C23H26N2O7S/c26-19(16-4-8-21-22(14-16)32-13-3-12-31-21)7-9-23(28)24-18-15-17(5-6-20(18)27)33(29,30)25-10-1-2-11-25/h4-6,8,14-15,27H,1-3,7,9-13H2,(H,24,28). The van der Waals surface area contributed by atoms with E-state index in [9.17, 15) is 23.1 Å². The van der Waals surface area contributed by atoms with Crippen LogP contribution in [-0.2, 0) is 14.8 Å². The van der Waals surface area contributed by atoms with Crippen LogP contribution in [0.5, 0.6) is 17.2 Å². The van der Waals surface area contributed by atoms with Gasteiger partial charge in [-0.2, -0.15) is 4.31 Å². The maximum Gasteiger partial charge on any atom is 0.243 e. The molecule has 176 valence electrons. The lowest BCUT2D eigenvalue weighted by molar-refractivity contribution is -0.116. The number of fused-ring (bicyclic) bond motifs is 1. The molecule has 4 rings (SSSR count). The predicted molar refractivity (Wildman–Crippen MR) is 120 cm³/mol. The highest BCUT2D eigenvalue weighted by Gasteiger charge is 2.28. The highest BCUT2D eigenvalue weighted by molar-refractivity contribution is 7.89. The Morgan fingerprint density at radius 1 is 0.939 bits per heavy atom. The second-order valence-electron chi connectivity index (χ2n) is 7.97. The second kappa shape index (κ2) is 9.80. The lowest BCUT2D eigenvalue weighted by atomic mass is 10.1. The number of hydrogen-bond acceptors (Lipinski definition) is 7. The third kappa shape index (κ3) is 5.28. The number of nitrogens with one attached hydrogen (secondary N) is 1. The average molecular weight is 475 g/mol. The molecule has 10 heteroatoms. The number of Topliss-reactive ketones (excluding diaryl/α,β-unsaturated/α-hetero) is 1. The van der Waals surface area contributed by atoms with Gasteiger partial charge < -0.3 is 19.9 Å². The Hall–Kier alpha value is -3.11. The first-order valence-corrected chi connectivity index (χ1v) is 12.3. The summed E-state index contributed by atoms with van der Waals surface area (Å²) in [6.45, 7) is 1.96. The number of amides is 1. The van der Waals surface area contributed by atoms with Gasteiger partial charge in [0.1, 0.15) is 5.75 Å². The van der Waals surface area contributed by atoms with Gasteiger partial charge in [-0.1, -0.05) is 0 Å². The number of carbonyl (C=O) groups excluding carboxylic acids is 2. The number of aromatic hydroxyl groups is 1. The first-order valence-electron chi connectivity index (χ1n) is 10.9. The number of ether oxygens (including phenoxy) is 2. The van der Waals surface area contributed by atoms with Crippen molar-refractivity contribution in [2.75, 3.05) is 31.6 Å². The molecular weight excluding hydrogens is 448 g/mol. The first kappa shape index (κ1) is 23.1. The van der Waals surface area contributed by atoms with Gasteiger partial charge >= 0.3 is 0 Å². The molecule has 9 nitrogen and oxygen atoms in total. The topological polar surface area (TPSA) is 122 Å². The van der Waals surface area contributed by atoms with E-state index < -0.39 is 15.9 Å². The van der Waals surface area contributed by atoms with Gasteiger partial charge in [0, 0.05) is 37.9 Å². The van der Waals surface area contributed by atoms with Crippen LogP contribution >= 0.6 is 0 Å². The van der Waals surface area contributed by atoms with Gasteiger partial charge in [-0.05, 0) is 49.2 Å². The summed E-state index contributed by atoms with van der Waals surface area (Å²) >= 11 is 0. The van der Waals surface area contributed by atoms with E-state index in [2.05, 4.69) is 5.32 Å². The van der Waals surface area contributed by atoms with Crippen LogP contribution < -0.4 is 14.8 Å². The highest BCUT2D eigenvalue weighted by atomic mass is 32.2. The molecule has 1 amide bonds. The Bertz CT molecular complexity index is 1160. The molecule has 0 saturated carbocycles. The molecule has 0 unspecified atom stereocenters. The van der Waals surface area contributed by atoms with Gasteiger partial charge in [-0.15, -0.1) is 0 Å². The van der Waals surface area contributed by atoms with Crippen LogP contribution in [0.2, 0.25) is 0 Å². The molecule has 2 aliphatic heterocycles. The Morgan fingerprint density at radius 2 is 1.67 bits per heavy atom. The molecule has 0 atom stereocenters. The zero-order valence-corrected chi connectivity index (χ0v) is 18.9. The van der Waals surface area contributed by atoms with Crippen molar-refractivity contribution < 1.29 is 32.6 Å². The summed E-state index contributed by atoms with van der Waals surface area (Å²) in [4.78, 5) is 25.0. The maximum atomic E-state index is 12.7. The van der Waals surface area contributed by atoms with E-state index in [1.54, 1.807) is 18.2 Å². The van der Waals surface area contributed by atoms with E-state index in [0.717, 1.165) is 19.3 Å². The molecule has 0 spiro atoms. The van der Waals surface area contributed by atoms with Crippen LogP contribution in [0.25, 0.3) is 0 Å². The minimum absolute atomic E-state index is 0.000716. The molecule has 1 fully saturated rings. The highest BCUT2D eigenvalue weighted by Crippen LogP contribution is 2.31. The Kier molecular flexibility index (Phi) is 6.85. The minimum atomic E-state index is -3.69. The molecular formula is C23H26N2O7S. The molecule has 2 aromatic carbocycles. The molecule has 2 aliphatic rings. The lowest BCUT2D eigenvalue weighted by Crippen LogP contribution is -2.28. The number of benzene rings is 2. The molecule has 2 aromatic rings. The normalized spacial score (nSPS) is 16.2. The summed E-state index contributed by atoms with van der Waals surface area (Å²) in [5, 5.41) is 12.6. The van der Waals surface area contributed by atoms with E-state index >= 15 is 0 Å². The summed E-state index contributed by atoms with van der Waals surface area (Å²) in [6.07, 6.45) is 2.18. The Labute approximate surface area is 192 Å². The van der Waals surface area contributed by atoms with Crippen LogP contribution in [0.15, 0.2) is 41.3 Å². The van der Waals surface area contributed by atoms with Crippen LogP contribution in [-0.4, -0.2) is 55.8 Å². The largest absolute Gasteiger partial charge is 0.506 e. The third-order valence-electron chi connectivity index (χ3n) is 5.59. The number of carbonyl (C=O) groups is 2. The fraction of sp³-hybridized carbons (Fsp3) is 0.391. The van der Waals surface area contributed by atoms with Crippen molar-refractivity contribution in [3.63, 3.8) is 0 Å². The fourth-order valence-electron chi connectivity index (χ4n) is 3.77. The van der Waals surface area contributed by atoms with Crippen molar-refractivity contribution in [2.45, 2.75) is 37.0 Å². The minimum Gasteiger partial charge on any atom is -0.506 e. The molecule has 2 heterocycles. The summed E-state index contributed by atoms with van der Waals surface area (Å²) in [5.74, 6) is 0.0850. The Morgan fingerprint density at radius 3 is 2.42 bits per heavy atom. The van der Waals surface area contributed by atoms with E-state index in [1.165, 1.54) is 22.5 Å². The van der Waals surface area contributed by atoms with E-state index in [4.69, 9.17) is 9.47 Å². The van der Waals surface area contributed by atoms with Crippen LogP contribution in [0.4, 0.5) is 5.69 Å². The van der Waals surface area contributed by atoms with Crippen molar-refractivity contribution in [1.82, 2.24) is 4.31 Å². The van der Waals surface area contributed by atoms with Crippen molar-refractivity contribution >= 4 is 27.4 Å².